The molecule has 0 amide bonds. The molecule has 2 aromatic rings. The lowest BCUT2D eigenvalue weighted by atomic mass is 9.87. The summed E-state index contributed by atoms with van der Waals surface area (Å²) in [6, 6.07) is 16.3. The molecule has 2 aliphatic carbocycles. The number of hydrogen-bond donors (Lipinski definition) is 2. The first-order valence-corrected chi connectivity index (χ1v) is 19.8. The Balaban J connectivity index is 0.00000206. The van der Waals surface area contributed by atoms with Crippen molar-refractivity contribution in [1.82, 2.24) is 15.5 Å². The van der Waals surface area contributed by atoms with E-state index in [1.807, 2.05) is 90.1 Å². The van der Waals surface area contributed by atoms with Crippen molar-refractivity contribution in [3.05, 3.63) is 83.1 Å². The molecule has 2 aromatic carbocycles. The standard InChI is InChI=1S/C37H51N3O4S.3C2H6/c1-7-40(36(45)39-32-12-10-9-11-26(32)3)25-28-24-33(28)38-21-22-43-30-17-13-27(14-18-30)23-34(35(41)42-8-2)44-31-19-15-29(16-20-31)37(4,5)6;3*1-2/h9,11,13-20,28,33-34,38H,7-8,10,12,21-25H2,1-6H3,(H,39,45);3*1-2H3/t28?,33-,34+;;;/m1.../s1. The van der Waals surface area contributed by atoms with Crippen molar-refractivity contribution in [1.29, 1.82) is 0 Å². The van der Waals surface area contributed by atoms with Gasteiger partial charge in [-0.3, -0.25) is 0 Å². The third kappa shape index (κ3) is 16.2. The average molecular weight is 724 g/mol. The van der Waals surface area contributed by atoms with E-state index < -0.39 is 6.10 Å². The molecule has 286 valence electrons. The molecule has 4 rings (SSSR count). The Kier molecular flexibility index (Phi) is 22.2. The fourth-order valence-corrected chi connectivity index (χ4v) is 5.77. The van der Waals surface area contributed by atoms with Gasteiger partial charge in [-0.15, -0.1) is 0 Å². The van der Waals surface area contributed by atoms with Crippen molar-refractivity contribution in [2.24, 2.45) is 5.92 Å². The van der Waals surface area contributed by atoms with Crippen molar-refractivity contribution in [3.63, 3.8) is 0 Å². The predicted octanol–water partition coefficient (Wildman–Crippen LogP) is 9.79. The molecule has 0 saturated heterocycles. The highest BCUT2D eigenvalue weighted by Crippen LogP contribution is 2.31. The van der Waals surface area contributed by atoms with Crippen molar-refractivity contribution in [3.8, 4) is 11.5 Å². The second-order valence-corrected chi connectivity index (χ2v) is 13.3. The highest BCUT2D eigenvalue weighted by Gasteiger charge is 2.38. The molecular weight excluding hydrogens is 655 g/mol. The van der Waals surface area contributed by atoms with Crippen molar-refractivity contribution in [2.45, 2.75) is 126 Å². The zero-order valence-corrected chi connectivity index (χ0v) is 34.7. The smallest absolute Gasteiger partial charge is 0.347 e. The maximum atomic E-state index is 12.7. The molecule has 51 heavy (non-hydrogen) atoms. The largest absolute Gasteiger partial charge is 0.492 e. The van der Waals surface area contributed by atoms with Gasteiger partial charge < -0.3 is 29.7 Å². The molecule has 0 heterocycles. The van der Waals surface area contributed by atoms with Crippen LogP contribution < -0.4 is 20.1 Å². The number of nitrogens with zero attached hydrogens (tertiary/aromatic N) is 1. The summed E-state index contributed by atoms with van der Waals surface area (Å²) in [5.41, 5.74) is 4.75. The fourth-order valence-electron chi connectivity index (χ4n) is 5.45. The van der Waals surface area contributed by atoms with Crippen LogP contribution in [0.4, 0.5) is 0 Å². The molecular formula is C43H69N3O4S. The zero-order valence-electron chi connectivity index (χ0n) is 33.9. The molecule has 0 spiro atoms. The van der Waals surface area contributed by atoms with Crippen LogP contribution >= 0.6 is 12.2 Å². The van der Waals surface area contributed by atoms with Gasteiger partial charge in [-0.1, -0.05) is 98.7 Å². The first-order chi connectivity index (χ1) is 24.6. The molecule has 0 bridgehead atoms. The Hall–Kier alpha value is -3.36. The number of carbonyl (C=O) groups excluding carboxylic acids is 1. The van der Waals surface area contributed by atoms with Gasteiger partial charge in [0.25, 0.3) is 0 Å². The molecule has 3 atom stereocenters. The van der Waals surface area contributed by atoms with E-state index in [0.717, 1.165) is 55.3 Å². The minimum atomic E-state index is -0.729. The summed E-state index contributed by atoms with van der Waals surface area (Å²) < 4.78 is 17.4. The maximum absolute atomic E-state index is 12.7. The molecule has 0 aromatic heterocycles. The number of carbonyl (C=O) groups is 1. The number of benzene rings is 2. The summed E-state index contributed by atoms with van der Waals surface area (Å²) in [6.45, 7) is 28.1. The van der Waals surface area contributed by atoms with Crippen molar-refractivity contribution in [2.75, 3.05) is 32.8 Å². The lowest BCUT2D eigenvalue weighted by Crippen LogP contribution is -2.41. The van der Waals surface area contributed by atoms with E-state index in [2.05, 4.69) is 62.3 Å². The van der Waals surface area contributed by atoms with Gasteiger partial charge in [0, 0.05) is 37.8 Å². The SMILES string of the molecule is CC.CC.CC.CCOC(=O)[C@H](Cc1ccc(OCCN[C@@H]2CC2CN(CC)C(=S)NC2=C(C)C=CCC2)cc1)Oc1ccc(C(C)(C)C)cc1. The topological polar surface area (TPSA) is 72.1 Å². The Morgan fingerprint density at radius 2 is 1.59 bits per heavy atom. The number of hydrogen-bond acceptors (Lipinski definition) is 6. The van der Waals surface area contributed by atoms with Gasteiger partial charge >= 0.3 is 5.97 Å². The molecule has 7 nitrogen and oxygen atoms in total. The molecule has 1 saturated carbocycles. The number of nitrogens with one attached hydrogen (secondary N) is 2. The van der Waals surface area contributed by atoms with Crippen LogP contribution in [0, 0.1) is 5.92 Å². The van der Waals surface area contributed by atoms with Crippen molar-refractivity contribution < 1.29 is 19.0 Å². The first-order valence-electron chi connectivity index (χ1n) is 19.4. The highest BCUT2D eigenvalue weighted by atomic mass is 32.1. The molecule has 0 aliphatic heterocycles. The van der Waals surface area contributed by atoms with Gasteiger partial charge in [0.15, 0.2) is 11.2 Å². The van der Waals surface area contributed by atoms with E-state index in [-0.39, 0.29) is 11.4 Å². The monoisotopic (exact) mass is 724 g/mol. The van der Waals surface area contributed by atoms with Crippen LogP contribution in [0.15, 0.2) is 72.0 Å². The van der Waals surface area contributed by atoms with Gasteiger partial charge in [0.1, 0.15) is 18.1 Å². The minimum absolute atomic E-state index is 0.0478. The summed E-state index contributed by atoms with van der Waals surface area (Å²) in [4.78, 5) is 15.0. The van der Waals surface area contributed by atoms with Crippen LogP contribution in [-0.2, 0) is 21.4 Å². The van der Waals surface area contributed by atoms with Gasteiger partial charge in [-0.25, -0.2) is 4.79 Å². The average Bonchev–Trinajstić information content (AvgIpc) is 3.90. The van der Waals surface area contributed by atoms with Crippen LogP contribution in [0.3, 0.4) is 0 Å². The predicted molar refractivity (Wildman–Crippen MR) is 220 cm³/mol. The minimum Gasteiger partial charge on any atom is -0.492 e. The zero-order chi connectivity index (χ0) is 38.4. The summed E-state index contributed by atoms with van der Waals surface area (Å²) in [5.74, 6) is 1.68. The van der Waals surface area contributed by atoms with E-state index in [9.17, 15) is 4.79 Å². The van der Waals surface area contributed by atoms with Gasteiger partial charge in [-0.05, 0) is 105 Å². The Morgan fingerprint density at radius 1 is 0.961 bits per heavy atom. The second kappa shape index (κ2) is 24.8. The van der Waals surface area contributed by atoms with Crippen LogP contribution in [0.25, 0.3) is 0 Å². The lowest BCUT2D eigenvalue weighted by molar-refractivity contribution is -0.151. The number of rotatable bonds is 15. The van der Waals surface area contributed by atoms with Crippen LogP contribution in [0.2, 0.25) is 0 Å². The fraction of sp³-hybridized carbons (Fsp3) is 0.581. The number of esters is 1. The van der Waals surface area contributed by atoms with E-state index >= 15 is 0 Å². The maximum Gasteiger partial charge on any atom is 0.347 e. The molecule has 2 N–H and O–H groups in total. The van der Waals surface area contributed by atoms with E-state index in [0.29, 0.717) is 37.3 Å². The third-order valence-corrected chi connectivity index (χ3v) is 8.74. The van der Waals surface area contributed by atoms with E-state index in [1.54, 1.807) is 6.92 Å². The summed E-state index contributed by atoms with van der Waals surface area (Å²) in [5, 5.41) is 7.95. The summed E-state index contributed by atoms with van der Waals surface area (Å²) in [7, 11) is 0. The van der Waals surface area contributed by atoms with E-state index in [4.69, 9.17) is 26.4 Å². The molecule has 0 radical (unpaired) electrons. The summed E-state index contributed by atoms with van der Waals surface area (Å²) >= 11 is 5.74. The number of ether oxygens (including phenoxy) is 3. The molecule has 1 unspecified atom stereocenters. The number of allylic oxidation sites excluding steroid dienone is 4. The van der Waals surface area contributed by atoms with Gasteiger partial charge in [-0.2, -0.15) is 0 Å². The van der Waals surface area contributed by atoms with Crippen LogP contribution in [-0.4, -0.2) is 61.0 Å². The Morgan fingerprint density at radius 3 is 2.16 bits per heavy atom. The Labute approximate surface area is 316 Å². The molecule has 1 fully saturated rings. The summed E-state index contributed by atoms with van der Waals surface area (Å²) in [6.07, 6.45) is 7.31. The Bertz CT molecular complexity index is 1330. The van der Waals surface area contributed by atoms with Crippen molar-refractivity contribution >= 4 is 23.3 Å². The van der Waals surface area contributed by atoms with Gasteiger partial charge in [0.05, 0.1) is 6.61 Å². The normalized spacial score (nSPS) is 16.5. The van der Waals surface area contributed by atoms with Crippen LogP contribution in [0.1, 0.15) is 113 Å². The first kappa shape index (κ1) is 45.7. The molecule has 2 aliphatic rings. The highest BCUT2D eigenvalue weighted by molar-refractivity contribution is 7.80. The molecule has 8 heteroatoms. The lowest BCUT2D eigenvalue weighted by Gasteiger charge is -2.26. The van der Waals surface area contributed by atoms with Gasteiger partial charge in [0.2, 0.25) is 0 Å². The third-order valence-electron chi connectivity index (χ3n) is 8.38. The van der Waals surface area contributed by atoms with Crippen LogP contribution in [0.5, 0.6) is 11.5 Å². The quantitative estimate of drug-likeness (QED) is 0.107. The second-order valence-electron chi connectivity index (χ2n) is 13.0. The number of thiocarbonyl (C=S) groups is 1. The van der Waals surface area contributed by atoms with E-state index in [1.165, 1.54) is 16.8 Å².